The average Bonchev–Trinajstić information content (AvgIpc) is 3.16. The summed E-state index contributed by atoms with van der Waals surface area (Å²) in [5.74, 6) is 1.39. The molecule has 0 aliphatic carbocycles. The molecule has 0 bridgehead atoms. The van der Waals surface area contributed by atoms with Crippen LogP contribution in [0.4, 0.5) is 19.0 Å². The number of alkyl halides is 3. The Morgan fingerprint density at radius 2 is 1.35 bits per heavy atom. The molecule has 0 amide bonds. The summed E-state index contributed by atoms with van der Waals surface area (Å²) in [5.41, 5.74) is 2.83. The summed E-state index contributed by atoms with van der Waals surface area (Å²) in [6, 6.07) is 15.4. The van der Waals surface area contributed by atoms with Crippen LogP contribution in [0.25, 0.3) is 22.5 Å². The van der Waals surface area contributed by atoms with Crippen LogP contribution < -0.4 is 14.4 Å². The largest absolute Gasteiger partial charge is 0.491 e. The molecule has 0 saturated carbocycles. The molecular formula is C41H44F3N5O6S2. The van der Waals surface area contributed by atoms with E-state index in [1.165, 1.54) is 24.4 Å². The van der Waals surface area contributed by atoms with E-state index >= 15 is 0 Å². The molecule has 4 heterocycles. The maximum Gasteiger partial charge on any atom is 0.417 e. The third kappa shape index (κ3) is 9.90. The lowest BCUT2D eigenvalue weighted by Gasteiger charge is -2.33. The molecular weight excluding hydrogens is 780 g/mol. The molecule has 2 aromatic carbocycles. The monoisotopic (exact) mass is 823 g/mol. The van der Waals surface area contributed by atoms with Crippen LogP contribution in [-0.2, 0) is 31.3 Å². The second-order valence-electron chi connectivity index (χ2n) is 15.2. The van der Waals surface area contributed by atoms with Crippen LogP contribution in [0.1, 0.15) is 63.3 Å². The lowest BCUT2D eigenvalue weighted by molar-refractivity contribution is -0.137. The number of nitrogens with zero attached hydrogens (tertiary/aromatic N) is 5. The Morgan fingerprint density at radius 1 is 0.754 bits per heavy atom. The van der Waals surface area contributed by atoms with Crippen LogP contribution in [0, 0.1) is 5.92 Å². The van der Waals surface area contributed by atoms with Gasteiger partial charge in [-0.25, -0.2) is 31.8 Å². The SMILES string of the molecule is CC(Oc1cnc(-c2ccc(S(C)(=O)=O)cc2)cn1)c1c(OCC2CCN(c3ccc(C(F)(F)F)cn3)CC2)cnc(-c2ccc(S(C)(=O)=O)cc2)c1C(C)(C)C. The predicted molar refractivity (Wildman–Crippen MR) is 211 cm³/mol. The highest BCUT2D eigenvalue weighted by molar-refractivity contribution is 7.91. The fraction of sp³-hybridized carbons (Fsp3) is 0.366. The Hall–Kier alpha value is -5.09. The highest BCUT2D eigenvalue weighted by Crippen LogP contribution is 2.43. The van der Waals surface area contributed by atoms with Gasteiger partial charge in [0.1, 0.15) is 17.7 Å². The normalized spacial score (nSPS) is 15.0. The molecule has 1 unspecified atom stereocenters. The molecule has 302 valence electrons. The van der Waals surface area contributed by atoms with Crippen molar-refractivity contribution in [2.24, 2.45) is 5.92 Å². The number of sulfone groups is 2. The van der Waals surface area contributed by atoms with Crippen molar-refractivity contribution in [2.75, 3.05) is 37.1 Å². The molecule has 6 rings (SSSR count). The van der Waals surface area contributed by atoms with Gasteiger partial charge in [-0.05, 0) is 73.1 Å². The molecule has 1 atom stereocenters. The van der Waals surface area contributed by atoms with Gasteiger partial charge in [-0.2, -0.15) is 13.2 Å². The van der Waals surface area contributed by atoms with Gasteiger partial charge in [0.25, 0.3) is 0 Å². The maximum atomic E-state index is 13.1. The molecule has 16 heteroatoms. The zero-order valence-corrected chi connectivity index (χ0v) is 34.0. The Kier molecular flexibility index (Phi) is 11.7. The first-order valence-corrected chi connectivity index (χ1v) is 22.0. The number of hydrogen-bond acceptors (Lipinski definition) is 11. The minimum atomic E-state index is -4.45. The Morgan fingerprint density at radius 3 is 1.84 bits per heavy atom. The molecule has 3 aromatic heterocycles. The minimum absolute atomic E-state index is 0.144. The van der Waals surface area contributed by atoms with Crippen molar-refractivity contribution in [3.63, 3.8) is 0 Å². The van der Waals surface area contributed by atoms with Crippen LogP contribution in [0.5, 0.6) is 11.6 Å². The third-order valence-corrected chi connectivity index (χ3v) is 12.0. The number of benzene rings is 2. The predicted octanol–water partition coefficient (Wildman–Crippen LogP) is 8.16. The topological polar surface area (TPSA) is 142 Å². The molecule has 1 aliphatic heterocycles. The quantitative estimate of drug-likeness (QED) is 0.127. The van der Waals surface area contributed by atoms with E-state index in [4.69, 9.17) is 14.5 Å². The van der Waals surface area contributed by atoms with E-state index in [1.807, 2.05) is 32.6 Å². The van der Waals surface area contributed by atoms with Crippen LogP contribution in [0.2, 0.25) is 0 Å². The summed E-state index contributed by atoms with van der Waals surface area (Å²) in [5, 5.41) is 0. The number of hydrogen-bond donors (Lipinski definition) is 0. The van der Waals surface area contributed by atoms with E-state index in [9.17, 15) is 30.0 Å². The average molecular weight is 824 g/mol. The van der Waals surface area contributed by atoms with Gasteiger partial charge in [0.2, 0.25) is 5.88 Å². The van der Waals surface area contributed by atoms with Crippen LogP contribution in [0.3, 0.4) is 0 Å². The third-order valence-electron chi connectivity index (χ3n) is 9.79. The number of rotatable bonds is 11. The van der Waals surface area contributed by atoms with Crippen molar-refractivity contribution < 1.29 is 39.5 Å². The molecule has 1 saturated heterocycles. The summed E-state index contributed by atoms with van der Waals surface area (Å²) in [6.45, 7) is 9.58. The van der Waals surface area contributed by atoms with Crippen LogP contribution >= 0.6 is 0 Å². The van der Waals surface area contributed by atoms with E-state index < -0.39 is 42.9 Å². The highest BCUT2D eigenvalue weighted by Gasteiger charge is 2.33. The number of piperidine rings is 1. The van der Waals surface area contributed by atoms with E-state index in [0.29, 0.717) is 53.8 Å². The summed E-state index contributed by atoms with van der Waals surface area (Å²) in [4.78, 5) is 20.3. The standard InChI is InChI=1S/C41H44F3N5O6S2/c1-26(55-36-24-45-33(22-47-36)28-7-12-31(13-8-28)56(5,50)51)37-34(23-48-39(38(37)40(2,3)4)29-9-14-32(15-10-29)57(6,52)53)54-25-27-17-19-49(20-18-27)35-16-11-30(21-46-35)41(42,43)44/h7-16,21-24,26-27H,17-20,25H2,1-6H3. The lowest BCUT2D eigenvalue weighted by Crippen LogP contribution is -2.36. The zero-order chi connectivity index (χ0) is 41.3. The summed E-state index contributed by atoms with van der Waals surface area (Å²) >= 11 is 0. The molecule has 0 spiro atoms. The van der Waals surface area contributed by atoms with Crippen molar-refractivity contribution >= 4 is 25.5 Å². The van der Waals surface area contributed by atoms with Crippen molar-refractivity contribution in [1.82, 2.24) is 19.9 Å². The second-order valence-corrected chi connectivity index (χ2v) is 19.3. The Balaban J connectivity index is 1.27. The van der Waals surface area contributed by atoms with Gasteiger partial charge < -0.3 is 14.4 Å². The van der Waals surface area contributed by atoms with Crippen LogP contribution in [0.15, 0.2) is 95.2 Å². The first-order chi connectivity index (χ1) is 26.7. The van der Waals surface area contributed by atoms with Gasteiger partial charge in [-0.15, -0.1) is 0 Å². The molecule has 0 radical (unpaired) electrons. The van der Waals surface area contributed by atoms with Gasteiger partial charge in [0, 0.05) is 48.5 Å². The van der Waals surface area contributed by atoms with E-state index in [0.717, 1.165) is 48.7 Å². The summed E-state index contributed by atoms with van der Waals surface area (Å²) in [7, 11) is -6.77. The highest BCUT2D eigenvalue weighted by atomic mass is 32.2. The molecule has 1 aliphatic rings. The molecule has 5 aromatic rings. The smallest absolute Gasteiger partial charge is 0.417 e. The molecule has 0 N–H and O–H groups in total. The van der Waals surface area contributed by atoms with Crippen LogP contribution in [-0.4, -0.2) is 69.0 Å². The first-order valence-electron chi connectivity index (χ1n) is 18.2. The van der Waals surface area contributed by atoms with Gasteiger partial charge in [-0.3, -0.25) is 4.98 Å². The fourth-order valence-electron chi connectivity index (χ4n) is 6.78. The van der Waals surface area contributed by atoms with E-state index in [-0.39, 0.29) is 21.6 Å². The summed E-state index contributed by atoms with van der Waals surface area (Å²) < 4.78 is 101. The van der Waals surface area contributed by atoms with Gasteiger partial charge in [0.05, 0.1) is 51.9 Å². The van der Waals surface area contributed by atoms with Gasteiger partial charge in [0.15, 0.2) is 19.7 Å². The molecule has 57 heavy (non-hydrogen) atoms. The van der Waals surface area contributed by atoms with E-state index in [1.54, 1.807) is 48.8 Å². The summed E-state index contributed by atoms with van der Waals surface area (Å²) in [6.07, 6.45) is 4.24. The molecule has 1 fully saturated rings. The second kappa shape index (κ2) is 16.0. The van der Waals surface area contributed by atoms with Crippen molar-refractivity contribution in [2.45, 2.75) is 68.0 Å². The Labute approximate surface area is 331 Å². The minimum Gasteiger partial charge on any atom is -0.491 e. The number of anilines is 1. The number of halogens is 3. The van der Waals surface area contributed by atoms with Crippen molar-refractivity contribution in [3.05, 3.63) is 102 Å². The van der Waals surface area contributed by atoms with Crippen molar-refractivity contribution in [3.8, 4) is 34.1 Å². The molecule has 11 nitrogen and oxygen atoms in total. The van der Waals surface area contributed by atoms with Crippen molar-refractivity contribution in [1.29, 1.82) is 0 Å². The lowest BCUT2D eigenvalue weighted by atomic mass is 9.79. The fourth-order valence-corrected chi connectivity index (χ4v) is 8.04. The Bertz CT molecular complexity index is 2410. The number of ether oxygens (including phenoxy) is 2. The number of pyridine rings is 2. The number of aromatic nitrogens is 4. The first kappa shape index (κ1) is 41.5. The van der Waals surface area contributed by atoms with Gasteiger partial charge in [-0.1, -0.05) is 45.0 Å². The van der Waals surface area contributed by atoms with Gasteiger partial charge >= 0.3 is 6.18 Å². The van der Waals surface area contributed by atoms with E-state index in [2.05, 4.69) is 15.0 Å². The zero-order valence-electron chi connectivity index (χ0n) is 32.4. The maximum absolute atomic E-state index is 13.1.